The van der Waals surface area contributed by atoms with Crippen molar-refractivity contribution in [1.82, 2.24) is 5.32 Å². The Morgan fingerprint density at radius 3 is 2.72 bits per heavy atom. The fourth-order valence-electron chi connectivity index (χ4n) is 1.93. The number of para-hydroxylation sites is 1. The summed E-state index contributed by atoms with van der Waals surface area (Å²) in [5, 5.41) is 2.56. The quantitative estimate of drug-likeness (QED) is 0.557. The molecule has 0 radical (unpaired) electrons. The summed E-state index contributed by atoms with van der Waals surface area (Å²) in [6.45, 7) is 3.76. The van der Waals surface area contributed by atoms with Gasteiger partial charge in [0, 0.05) is 11.8 Å². The van der Waals surface area contributed by atoms with Crippen LogP contribution in [0.1, 0.15) is 30.2 Å². The SMILES string of the molecule is CCOC(=O)/C=C(\C)NC(=O)c1ccc(COc2ccccc2Br)o1. The molecular formula is C18H18BrNO5. The molecule has 1 amide bonds. The van der Waals surface area contributed by atoms with E-state index in [1.807, 2.05) is 24.3 Å². The summed E-state index contributed by atoms with van der Waals surface area (Å²) in [6.07, 6.45) is 1.21. The molecule has 2 rings (SSSR count). The van der Waals surface area contributed by atoms with Crippen LogP contribution in [0.15, 0.2) is 57.1 Å². The van der Waals surface area contributed by atoms with Gasteiger partial charge in [-0.15, -0.1) is 0 Å². The molecule has 7 heteroatoms. The van der Waals surface area contributed by atoms with Crippen LogP contribution >= 0.6 is 15.9 Å². The van der Waals surface area contributed by atoms with Gasteiger partial charge in [0.05, 0.1) is 11.1 Å². The van der Waals surface area contributed by atoms with Crippen molar-refractivity contribution in [2.45, 2.75) is 20.5 Å². The zero-order chi connectivity index (χ0) is 18.2. The normalized spacial score (nSPS) is 11.1. The van der Waals surface area contributed by atoms with Crippen LogP contribution in [0.3, 0.4) is 0 Å². The summed E-state index contributed by atoms with van der Waals surface area (Å²) in [6, 6.07) is 10.7. The van der Waals surface area contributed by atoms with E-state index in [0.717, 1.165) is 4.47 Å². The predicted octanol–water partition coefficient (Wildman–Crippen LogP) is 3.82. The topological polar surface area (TPSA) is 77.8 Å². The van der Waals surface area contributed by atoms with Gasteiger partial charge >= 0.3 is 5.97 Å². The van der Waals surface area contributed by atoms with E-state index in [9.17, 15) is 9.59 Å². The number of amides is 1. The van der Waals surface area contributed by atoms with E-state index >= 15 is 0 Å². The fourth-order valence-corrected chi connectivity index (χ4v) is 2.32. The summed E-state index contributed by atoms with van der Waals surface area (Å²) in [7, 11) is 0. The van der Waals surface area contributed by atoms with Crippen LogP contribution in [-0.2, 0) is 16.1 Å². The molecule has 6 nitrogen and oxygen atoms in total. The maximum atomic E-state index is 12.1. The molecule has 0 saturated carbocycles. The number of allylic oxidation sites excluding steroid dienone is 1. The Bertz CT molecular complexity index is 781. The van der Waals surface area contributed by atoms with Gasteiger partial charge in [-0.25, -0.2) is 4.79 Å². The third kappa shape index (κ3) is 5.79. The van der Waals surface area contributed by atoms with Gasteiger partial charge in [-0.3, -0.25) is 4.79 Å². The first-order valence-electron chi connectivity index (χ1n) is 7.62. The first-order chi connectivity index (χ1) is 12.0. The van der Waals surface area contributed by atoms with Gasteiger partial charge in [0.15, 0.2) is 5.76 Å². The van der Waals surface area contributed by atoms with E-state index in [1.165, 1.54) is 6.08 Å². The Kier molecular flexibility index (Phi) is 6.82. The van der Waals surface area contributed by atoms with E-state index in [4.69, 9.17) is 13.9 Å². The zero-order valence-electron chi connectivity index (χ0n) is 13.9. The monoisotopic (exact) mass is 407 g/mol. The lowest BCUT2D eigenvalue weighted by Gasteiger charge is -2.06. The van der Waals surface area contributed by atoms with Crippen LogP contribution in [0.4, 0.5) is 0 Å². The second-order valence-electron chi connectivity index (χ2n) is 5.02. The van der Waals surface area contributed by atoms with E-state index in [0.29, 0.717) is 17.2 Å². The number of rotatable bonds is 7. The maximum absolute atomic E-state index is 12.1. The minimum atomic E-state index is -0.512. The van der Waals surface area contributed by atoms with Crippen molar-refractivity contribution >= 4 is 27.8 Å². The summed E-state index contributed by atoms with van der Waals surface area (Å²) in [5.41, 5.74) is 0.367. The Morgan fingerprint density at radius 1 is 1.24 bits per heavy atom. The zero-order valence-corrected chi connectivity index (χ0v) is 15.5. The van der Waals surface area contributed by atoms with Crippen LogP contribution in [0, 0.1) is 0 Å². The Morgan fingerprint density at radius 2 is 2.00 bits per heavy atom. The van der Waals surface area contributed by atoms with E-state index in [2.05, 4.69) is 21.2 Å². The lowest BCUT2D eigenvalue weighted by molar-refractivity contribution is -0.137. The summed E-state index contributed by atoms with van der Waals surface area (Å²) in [5.74, 6) is 0.348. The molecule has 2 aromatic rings. The van der Waals surface area contributed by atoms with Gasteiger partial charge in [-0.1, -0.05) is 12.1 Å². The number of hydrogen-bond acceptors (Lipinski definition) is 5. The molecule has 0 fully saturated rings. The second kappa shape index (κ2) is 9.08. The van der Waals surface area contributed by atoms with Crippen LogP contribution < -0.4 is 10.1 Å². The molecule has 0 aliphatic rings. The highest BCUT2D eigenvalue weighted by molar-refractivity contribution is 9.10. The lowest BCUT2D eigenvalue weighted by Crippen LogP contribution is -2.21. The molecule has 0 unspecified atom stereocenters. The highest BCUT2D eigenvalue weighted by atomic mass is 79.9. The van der Waals surface area contributed by atoms with Crippen LogP contribution in [0.5, 0.6) is 5.75 Å². The van der Waals surface area contributed by atoms with Crippen molar-refractivity contribution in [2.24, 2.45) is 0 Å². The molecule has 132 valence electrons. The molecule has 1 aromatic heterocycles. The average Bonchev–Trinajstić information content (AvgIpc) is 3.03. The number of halogens is 1. The number of nitrogens with one attached hydrogen (secondary N) is 1. The summed E-state index contributed by atoms with van der Waals surface area (Å²) < 4.78 is 16.7. The lowest BCUT2D eigenvalue weighted by atomic mass is 10.3. The van der Waals surface area contributed by atoms with Gasteiger partial charge in [-0.2, -0.15) is 0 Å². The van der Waals surface area contributed by atoms with E-state index in [-0.39, 0.29) is 19.0 Å². The molecular weight excluding hydrogens is 390 g/mol. The van der Waals surface area contributed by atoms with Crippen molar-refractivity contribution in [1.29, 1.82) is 0 Å². The number of carbonyl (C=O) groups excluding carboxylic acids is 2. The molecule has 0 saturated heterocycles. The Labute approximate surface area is 153 Å². The van der Waals surface area contributed by atoms with E-state index < -0.39 is 11.9 Å². The average molecular weight is 408 g/mol. The highest BCUT2D eigenvalue weighted by Crippen LogP contribution is 2.25. The van der Waals surface area contributed by atoms with Gasteiger partial charge < -0.3 is 19.2 Å². The van der Waals surface area contributed by atoms with Crippen LogP contribution in [0.25, 0.3) is 0 Å². The minimum Gasteiger partial charge on any atom is -0.484 e. The third-order valence-corrected chi connectivity index (χ3v) is 3.68. The molecule has 0 bridgehead atoms. The third-order valence-electron chi connectivity index (χ3n) is 3.02. The molecule has 1 heterocycles. The number of hydrogen-bond donors (Lipinski definition) is 1. The number of carbonyl (C=O) groups is 2. The van der Waals surface area contributed by atoms with Crippen LogP contribution in [-0.4, -0.2) is 18.5 Å². The van der Waals surface area contributed by atoms with E-state index in [1.54, 1.807) is 26.0 Å². The fraction of sp³-hybridized carbons (Fsp3) is 0.222. The summed E-state index contributed by atoms with van der Waals surface area (Å²) >= 11 is 3.39. The molecule has 0 spiro atoms. The van der Waals surface area contributed by atoms with Gasteiger partial charge in [0.25, 0.3) is 5.91 Å². The van der Waals surface area contributed by atoms with Gasteiger partial charge in [0.2, 0.25) is 0 Å². The van der Waals surface area contributed by atoms with Crippen molar-refractivity contribution in [3.05, 3.63) is 64.2 Å². The number of esters is 1. The number of benzene rings is 1. The van der Waals surface area contributed by atoms with Crippen molar-refractivity contribution in [2.75, 3.05) is 6.61 Å². The first kappa shape index (κ1) is 18.8. The van der Waals surface area contributed by atoms with Crippen molar-refractivity contribution in [3.8, 4) is 5.75 Å². The summed E-state index contributed by atoms with van der Waals surface area (Å²) in [4.78, 5) is 23.4. The largest absolute Gasteiger partial charge is 0.484 e. The molecule has 1 N–H and O–H groups in total. The van der Waals surface area contributed by atoms with Crippen LogP contribution in [0.2, 0.25) is 0 Å². The molecule has 1 aromatic carbocycles. The highest BCUT2D eigenvalue weighted by Gasteiger charge is 2.12. The minimum absolute atomic E-state index is 0.127. The molecule has 0 aliphatic heterocycles. The number of ether oxygens (including phenoxy) is 2. The maximum Gasteiger partial charge on any atom is 0.332 e. The molecule has 25 heavy (non-hydrogen) atoms. The molecule has 0 aliphatic carbocycles. The Balaban J connectivity index is 1.93. The van der Waals surface area contributed by atoms with Crippen molar-refractivity contribution in [3.63, 3.8) is 0 Å². The van der Waals surface area contributed by atoms with Gasteiger partial charge in [0.1, 0.15) is 18.1 Å². The van der Waals surface area contributed by atoms with Crippen molar-refractivity contribution < 1.29 is 23.5 Å². The standard InChI is InChI=1S/C18H18BrNO5/c1-3-23-17(21)10-12(2)20-18(22)16-9-8-13(25-16)11-24-15-7-5-4-6-14(15)19/h4-10H,3,11H2,1-2H3,(H,20,22)/b12-10+. The first-order valence-corrected chi connectivity index (χ1v) is 8.41. The smallest absolute Gasteiger partial charge is 0.332 e. The second-order valence-corrected chi connectivity index (χ2v) is 5.87. The Hall–Kier alpha value is -2.54. The number of furan rings is 1. The predicted molar refractivity (Wildman–Crippen MR) is 95.0 cm³/mol. The molecule has 0 atom stereocenters. The van der Waals surface area contributed by atoms with Gasteiger partial charge in [-0.05, 0) is 54.0 Å².